The number of aryl methyl sites for hydroxylation is 1. The normalized spacial score (nSPS) is 13.0. The van der Waals surface area contributed by atoms with Gasteiger partial charge in [0.1, 0.15) is 11.5 Å². The molecular formula is C25H30N2O4. The number of carbonyl (C=O) groups excluding carboxylic acids is 2. The molecule has 164 valence electrons. The zero-order chi connectivity index (χ0) is 22.9. The summed E-state index contributed by atoms with van der Waals surface area (Å²) in [7, 11) is 3.27. The second kappa shape index (κ2) is 8.84. The number of methoxy groups -OCH3 is 1. The van der Waals surface area contributed by atoms with Crippen LogP contribution in [0, 0.1) is 6.92 Å². The molecule has 0 saturated carbocycles. The van der Waals surface area contributed by atoms with Gasteiger partial charge in [0.2, 0.25) is 5.91 Å². The van der Waals surface area contributed by atoms with Crippen molar-refractivity contribution < 1.29 is 19.4 Å². The molecule has 2 aromatic rings. The smallest absolute Gasteiger partial charge is 0.257 e. The zero-order valence-electron chi connectivity index (χ0n) is 18.9. The molecule has 0 bridgehead atoms. The van der Waals surface area contributed by atoms with Crippen molar-refractivity contribution >= 4 is 17.5 Å². The zero-order valence-corrected chi connectivity index (χ0v) is 18.9. The predicted molar refractivity (Wildman–Crippen MR) is 122 cm³/mol. The summed E-state index contributed by atoms with van der Waals surface area (Å²) in [5.74, 6) is 0.232. The standard InChI is InChI=1S/C25H30N2O4/c1-7-24(29)26(5)21-11-18-14-27(9-8-17(18)10-16(21)4)25(30)20-12-19(15(2)3)23(31-6)13-22(20)28/h7,10-13,15,28H,1,8-9,14H2,2-6H3. The second-order valence-electron chi connectivity index (χ2n) is 8.25. The minimum Gasteiger partial charge on any atom is -0.507 e. The van der Waals surface area contributed by atoms with E-state index in [4.69, 9.17) is 4.74 Å². The fourth-order valence-electron chi connectivity index (χ4n) is 4.07. The first-order chi connectivity index (χ1) is 14.7. The first kappa shape index (κ1) is 22.4. The van der Waals surface area contributed by atoms with Crippen LogP contribution in [0.5, 0.6) is 11.5 Å². The van der Waals surface area contributed by atoms with Gasteiger partial charge in [-0.2, -0.15) is 0 Å². The van der Waals surface area contributed by atoms with Crippen LogP contribution in [0.1, 0.15) is 52.4 Å². The highest BCUT2D eigenvalue weighted by molar-refractivity contribution is 6.01. The number of likely N-dealkylation sites (N-methyl/N-ethyl adjacent to an activating group) is 1. The summed E-state index contributed by atoms with van der Waals surface area (Å²) in [6, 6.07) is 7.30. The second-order valence-corrected chi connectivity index (χ2v) is 8.25. The highest BCUT2D eigenvalue weighted by Gasteiger charge is 2.26. The maximum atomic E-state index is 13.3. The Morgan fingerprint density at radius 1 is 1.23 bits per heavy atom. The Hall–Kier alpha value is -3.28. The van der Waals surface area contributed by atoms with Gasteiger partial charge in [-0.15, -0.1) is 0 Å². The van der Waals surface area contributed by atoms with E-state index in [1.54, 1.807) is 30.0 Å². The molecule has 1 heterocycles. The van der Waals surface area contributed by atoms with Gasteiger partial charge in [0.25, 0.3) is 5.91 Å². The van der Waals surface area contributed by atoms with Gasteiger partial charge in [-0.05, 0) is 59.7 Å². The van der Waals surface area contributed by atoms with Gasteiger partial charge < -0.3 is 19.6 Å². The lowest BCUT2D eigenvalue weighted by Gasteiger charge is -2.31. The fourth-order valence-corrected chi connectivity index (χ4v) is 4.07. The topological polar surface area (TPSA) is 70.1 Å². The van der Waals surface area contributed by atoms with Gasteiger partial charge in [-0.25, -0.2) is 0 Å². The van der Waals surface area contributed by atoms with Crippen LogP contribution < -0.4 is 9.64 Å². The number of aromatic hydroxyl groups is 1. The van der Waals surface area contributed by atoms with E-state index in [1.165, 1.54) is 17.7 Å². The molecule has 0 radical (unpaired) electrons. The Morgan fingerprint density at radius 2 is 1.94 bits per heavy atom. The molecule has 0 fully saturated rings. The fraction of sp³-hybridized carbons (Fsp3) is 0.360. The van der Waals surface area contributed by atoms with E-state index in [-0.39, 0.29) is 29.0 Å². The van der Waals surface area contributed by atoms with Gasteiger partial charge >= 0.3 is 0 Å². The number of hydrogen-bond acceptors (Lipinski definition) is 4. The lowest BCUT2D eigenvalue weighted by molar-refractivity contribution is -0.113. The number of phenolic OH excluding ortho intramolecular Hbond substituents is 1. The van der Waals surface area contributed by atoms with Crippen molar-refractivity contribution in [1.29, 1.82) is 0 Å². The highest BCUT2D eigenvalue weighted by atomic mass is 16.5. The summed E-state index contributed by atoms with van der Waals surface area (Å²) < 4.78 is 5.37. The summed E-state index contributed by atoms with van der Waals surface area (Å²) in [6.07, 6.45) is 2.00. The molecule has 0 unspecified atom stereocenters. The molecule has 0 atom stereocenters. The Bertz CT molecular complexity index is 1040. The summed E-state index contributed by atoms with van der Waals surface area (Å²) in [5, 5.41) is 10.5. The Labute approximate surface area is 183 Å². The molecule has 6 heteroatoms. The van der Waals surface area contributed by atoms with E-state index in [0.29, 0.717) is 18.8 Å². The molecule has 2 aromatic carbocycles. The largest absolute Gasteiger partial charge is 0.507 e. The van der Waals surface area contributed by atoms with Gasteiger partial charge in [0.15, 0.2) is 0 Å². The summed E-state index contributed by atoms with van der Waals surface area (Å²) in [6.45, 7) is 10.6. The third-order valence-electron chi connectivity index (χ3n) is 5.88. The van der Waals surface area contributed by atoms with Crippen LogP contribution in [0.4, 0.5) is 5.69 Å². The van der Waals surface area contributed by atoms with Crippen molar-refractivity contribution in [2.24, 2.45) is 0 Å². The van der Waals surface area contributed by atoms with Crippen LogP contribution >= 0.6 is 0 Å². The van der Waals surface area contributed by atoms with E-state index in [2.05, 4.69) is 12.6 Å². The van der Waals surface area contributed by atoms with Crippen molar-refractivity contribution in [2.75, 3.05) is 25.6 Å². The number of carbonyl (C=O) groups is 2. The number of anilines is 1. The molecule has 6 nitrogen and oxygen atoms in total. The quantitative estimate of drug-likeness (QED) is 0.734. The van der Waals surface area contributed by atoms with E-state index in [1.807, 2.05) is 26.8 Å². The van der Waals surface area contributed by atoms with Crippen molar-refractivity contribution in [1.82, 2.24) is 4.90 Å². The Balaban J connectivity index is 1.93. The molecule has 0 aromatic heterocycles. The molecular weight excluding hydrogens is 392 g/mol. The molecule has 3 rings (SSSR count). The summed E-state index contributed by atoms with van der Waals surface area (Å²) in [5.41, 5.74) is 5.13. The number of benzene rings is 2. The maximum absolute atomic E-state index is 13.3. The minimum atomic E-state index is -0.217. The summed E-state index contributed by atoms with van der Waals surface area (Å²) in [4.78, 5) is 28.7. The SMILES string of the molecule is C=CC(=O)N(C)c1cc2c(cc1C)CCN(C(=O)c1cc(C(C)C)c(OC)cc1O)C2. The first-order valence-electron chi connectivity index (χ1n) is 10.4. The van der Waals surface area contributed by atoms with Gasteiger partial charge in [0.05, 0.1) is 12.7 Å². The number of fused-ring (bicyclic) bond motifs is 1. The first-order valence-corrected chi connectivity index (χ1v) is 10.4. The van der Waals surface area contributed by atoms with Crippen LogP contribution in [-0.2, 0) is 17.8 Å². The molecule has 1 aliphatic rings. The number of phenols is 1. The van der Waals surface area contributed by atoms with E-state index >= 15 is 0 Å². The Kier molecular flexibility index (Phi) is 6.39. The van der Waals surface area contributed by atoms with Crippen LogP contribution in [0.15, 0.2) is 36.9 Å². The van der Waals surface area contributed by atoms with Gasteiger partial charge in [0, 0.05) is 31.9 Å². The number of amides is 2. The van der Waals surface area contributed by atoms with Crippen LogP contribution in [-0.4, -0.2) is 42.5 Å². The molecule has 1 aliphatic heterocycles. The summed E-state index contributed by atoms with van der Waals surface area (Å²) >= 11 is 0. The number of nitrogens with zero attached hydrogens (tertiary/aromatic N) is 2. The van der Waals surface area contributed by atoms with Crippen molar-refractivity contribution in [3.8, 4) is 11.5 Å². The molecule has 0 spiro atoms. The third kappa shape index (κ3) is 4.29. The Morgan fingerprint density at radius 3 is 2.55 bits per heavy atom. The van der Waals surface area contributed by atoms with Crippen molar-refractivity contribution in [2.45, 2.75) is 39.7 Å². The highest BCUT2D eigenvalue weighted by Crippen LogP contribution is 2.35. The van der Waals surface area contributed by atoms with Crippen molar-refractivity contribution in [3.63, 3.8) is 0 Å². The van der Waals surface area contributed by atoms with Crippen LogP contribution in [0.25, 0.3) is 0 Å². The third-order valence-corrected chi connectivity index (χ3v) is 5.88. The van der Waals surface area contributed by atoms with E-state index < -0.39 is 0 Å². The lowest BCUT2D eigenvalue weighted by Crippen LogP contribution is -2.36. The number of rotatable bonds is 5. The van der Waals surface area contributed by atoms with Crippen molar-refractivity contribution in [3.05, 3.63) is 64.7 Å². The maximum Gasteiger partial charge on any atom is 0.257 e. The average molecular weight is 423 g/mol. The molecule has 0 aliphatic carbocycles. The molecule has 0 saturated heterocycles. The lowest BCUT2D eigenvalue weighted by atomic mass is 9.94. The number of ether oxygens (including phenoxy) is 1. The monoisotopic (exact) mass is 422 g/mol. The molecule has 31 heavy (non-hydrogen) atoms. The molecule has 2 amide bonds. The predicted octanol–water partition coefficient (Wildman–Crippen LogP) is 4.18. The van der Waals surface area contributed by atoms with Gasteiger partial charge in [-0.3, -0.25) is 9.59 Å². The van der Waals surface area contributed by atoms with Crippen LogP contribution in [0.2, 0.25) is 0 Å². The molecule has 1 N–H and O–H groups in total. The average Bonchev–Trinajstić information content (AvgIpc) is 2.76. The van der Waals surface area contributed by atoms with Gasteiger partial charge in [-0.1, -0.05) is 26.5 Å². The van der Waals surface area contributed by atoms with Crippen LogP contribution in [0.3, 0.4) is 0 Å². The van der Waals surface area contributed by atoms with E-state index in [9.17, 15) is 14.7 Å². The number of hydrogen-bond donors (Lipinski definition) is 1. The minimum absolute atomic E-state index is 0.0852. The van der Waals surface area contributed by atoms with E-state index in [0.717, 1.165) is 28.8 Å².